The van der Waals surface area contributed by atoms with Gasteiger partial charge in [-0.25, -0.2) is 0 Å². The average Bonchev–Trinajstić information content (AvgIpc) is 2.72. The zero-order valence-corrected chi connectivity index (χ0v) is 19.0. The Bertz CT molecular complexity index is 835. The van der Waals surface area contributed by atoms with Gasteiger partial charge in [-0.1, -0.05) is 0 Å². The summed E-state index contributed by atoms with van der Waals surface area (Å²) in [6.45, 7) is 2.68. The van der Waals surface area contributed by atoms with Crippen molar-refractivity contribution >= 4 is 30.4 Å². The first kappa shape index (κ1) is 21.5. The first-order valence-corrected chi connectivity index (χ1v) is 14.2. The van der Waals surface area contributed by atoms with Gasteiger partial charge in [-0.3, -0.25) is 0 Å². The molecule has 0 radical (unpaired) electrons. The third-order valence-electron chi connectivity index (χ3n) is 4.24. The molecule has 0 aliphatic carbocycles. The van der Waals surface area contributed by atoms with E-state index in [1.54, 1.807) is 0 Å². The molecule has 2 aromatic carbocycles. The Kier molecular flexibility index (Phi) is 8.13. The summed E-state index contributed by atoms with van der Waals surface area (Å²) >= 11 is -2.63. The van der Waals surface area contributed by atoms with Crippen LogP contribution in [0.25, 0.3) is 0 Å². The van der Waals surface area contributed by atoms with Gasteiger partial charge in [0.2, 0.25) is 0 Å². The number of rotatable bonds is 9. The van der Waals surface area contributed by atoms with Crippen molar-refractivity contribution in [1.82, 2.24) is 0 Å². The molecule has 0 bridgehead atoms. The first-order chi connectivity index (χ1) is 13.6. The van der Waals surface area contributed by atoms with E-state index in [1.807, 2.05) is 61.5 Å². The molecule has 7 heteroatoms. The maximum atomic E-state index is 12.5. The Morgan fingerprint density at radius 2 is 1.86 bits per heavy atom. The van der Waals surface area contributed by atoms with E-state index >= 15 is 0 Å². The van der Waals surface area contributed by atoms with Crippen molar-refractivity contribution < 1.29 is 20.4 Å². The molecule has 2 aromatic rings. The monoisotopic (exact) mass is 518 g/mol. The molecule has 3 rings (SSSR count). The fraction of sp³-hybridized carbons (Fsp3) is 0.429. The van der Waals surface area contributed by atoms with E-state index in [9.17, 15) is 8.42 Å². The van der Waals surface area contributed by atoms with E-state index in [-0.39, 0.29) is 12.0 Å². The standard InChI is InChI=1S/C21H27IO5S/c1-2-3-16-28(23,24)27-22(18-10-5-4-6-11-18)19-12-9-13-20(17-19)26-21-14-7-8-15-25-21/h4-6,9-13,17,21H,2-3,7-8,14-16H2,1H3. The second-order valence-corrected chi connectivity index (χ2v) is 13.2. The second-order valence-electron chi connectivity index (χ2n) is 6.59. The Morgan fingerprint density at radius 1 is 1.07 bits per heavy atom. The maximum absolute atomic E-state index is 12.5. The predicted octanol–water partition coefficient (Wildman–Crippen LogP) is 5.20. The van der Waals surface area contributed by atoms with Gasteiger partial charge < -0.3 is 0 Å². The van der Waals surface area contributed by atoms with Gasteiger partial charge in [0, 0.05) is 0 Å². The SMILES string of the molecule is CCCCS(=O)(=O)OI(c1ccccc1)c1cccc(OC2CCCCO2)c1. The summed E-state index contributed by atoms with van der Waals surface area (Å²) in [5, 5.41) is 0. The van der Waals surface area contributed by atoms with Gasteiger partial charge in [0.15, 0.2) is 0 Å². The van der Waals surface area contributed by atoms with Crippen LogP contribution in [0.4, 0.5) is 0 Å². The number of benzene rings is 2. The minimum absolute atomic E-state index is 0.0520. The Morgan fingerprint density at radius 3 is 2.57 bits per heavy atom. The molecule has 28 heavy (non-hydrogen) atoms. The van der Waals surface area contributed by atoms with Crippen LogP contribution >= 0.6 is 20.2 Å². The summed E-state index contributed by atoms with van der Waals surface area (Å²) in [5.41, 5.74) is 0. The predicted molar refractivity (Wildman–Crippen MR) is 118 cm³/mol. The molecule has 1 fully saturated rings. The molecular formula is C21H27IO5S. The zero-order chi connectivity index (χ0) is 19.8. The average molecular weight is 518 g/mol. The number of halogens is 1. The molecule has 1 unspecified atom stereocenters. The fourth-order valence-corrected chi connectivity index (χ4v) is 10.2. The number of ether oxygens (including phenoxy) is 2. The molecule has 1 aliphatic rings. The van der Waals surface area contributed by atoms with Gasteiger partial charge in [-0.15, -0.1) is 0 Å². The molecule has 0 aromatic heterocycles. The van der Waals surface area contributed by atoms with E-state index in [0.717, 1.165) is 32.8 Å². The van der Waals surface area contributed by atoms with Gasteiger partial charge in [0.25, 0.3) is 0 Å². The van der Waals surface area contributed by atoms with Crippen LogP contribution in [-0.4, -0.2) is 27.1 Å². The zero-order valence-electron chi connectivity index (χ0n) is 16.1. The Labute approximate surface area is 175 Å². The Hall–Kier alpha value is -1.16. The summed E-state index contributed by atoms with van der Waals surface area (Å²) in [4.78, 5) is 0. The van der Waals surface area contributed by atoms with Gasteiger partial charge >= 0.3 is 176 Å². The van der Waals surface area contributed by atoms with Crippen molar-refractivity contribution in [2.75, 3.05) is 12.4 Å². The third kappa shape index (κ3) is 6.43. The number of hydrogen-bond acceptors (Lipinski definition) is 5. The van der Waals surface area contributed by atoms with Crippen LogP contribution in [0.1, 0.15) is 39.0 Å². The summed E-state index contributed by atoms with van der Waals surface area (Å²) in [6, 6.07) is 17.2. The molecule has 0 spiro atoms. The first-order valence-electron chi connectivity index (χ1n) is 9.63. The van der Waals surface area contributed by atoms with Crippen molar-refractivity contribution in [3.8, 4) is 5.75 Å². The normalized spacial score (nSPS) is 17.9. The van der Waals surface area contributed by atoms with E-state index in [0.29, 0.717) is 18.8 Å². The summed E-state index contributed by atoms with van der Waals surface area (Å²) in [6.07, 6.45) is 4.19. The molecule has 1 aliphatic heterocycles. The number of hydrogen-bond donors (Lipinski definition) is 0. The van der Waals surface area contributed by atoms with Crippen LogP contribution in [0.2, 0.25) is 0 Å². The molecular weight excluding hydrogens is 491 g/mol. The number of unbranched alkanes of at least 4 members (excludes halogenated alkanes) is 1. The van der Waals surface area contributed by atoms with Crippen LogP contribution in [0.15, 0.2) is 54.6 Å². The molecule has 154 valence electrons. The fourth-order valence-electron chi connectivity index (χ4n) is 2.78. The van der Waals surface area contributed by atoms with E-state index in [4.69, 9.17) is 12.0 Å². The molecule has 0 N–H and O–H groups in total. The molecule has 5 nitrogen and oxygen atoms in total. The summed E-state index contributed by atoms with van der Waals surface area (Å²) < 4.78 is 44.3. The topological polar surface area (TPSA) is 61.8 Å². The van der Waals surface area contributed by atoms with Crippen molar-refractivity contribution in [3.05, 3.63) is 61.7 Å². The van der Waals surface area contributed by atoms with Crippen molar-refractivity contribution in [1.29, 1.82) is 0 Å². The van der Waals surface area contributed by atoms with Gasteiger partial charge in [0.1, 0.15) is 0 Å². The molecule has 1 saturated heterocycles. The second kappa shape index (κ2) is 10.6. The van der Waals surface area contributed by atoms with Crippen LogP contribution in [0.3, 0.4) is 0 Å². The minimum atomic E-state index is -3.58. The Balaban J connectivity index is 1.84. The molecule has 1 heterocycles. The van der Waals surface area contributed by atoms with Gasteiger partial charge in [0.05, 0.1) is 0 Å². The van der Waals surface area contributed by atoms with E-state index in [1.165, 1.54) is 0 Å². The molecule has 1 atom stereocenters. The molecule has 0 saturated carbocycles. The quantitative estimate of drug-likeness (QED) is 0.427. The van der Waals surface area contributed by atoms with E-state index < -0.39 is 30.4 Å². The van der Waals surface area contributed by atoms with Crippen molar-refractivity contribution in [3.63, 3.8) is 0 Å². The summed E-state index contributed by atoms with van der Waals surface area (Å²) in [5.74, 6) is 0.744. The van der Waals surface area contributed by atoms with Gasteiger partial charge in [-0.05, 0) is 0 Å². The van der Waals surface area contributed by atoms with Crippen LogP contribution in [-0.2, 0) is 17.4 Å². The van der Waals surface area contributed by atoms with Gasteiger partial charge in [-0.2, -0.15) is 0 Å². The summed E-state index contributed by atoms with van der Waals surface area (Å²) in [7, 11) is -3.58. The van der Waals surface area contributed by atoms with Crippen LogP contribution in [0, 0.1) is 7.14 Å². The van der Waals surface area contributed by atoms with Crippen molar-refractivity contribution in [2.24, 2.45) is 0 Å². The van der Waals surface area contributed by atoms with E-state index in [2.05, 4.69) is 0 Å². The van der Waals surface area contributed by atoms with Crippen LogP contribution < -0.4 is 4.74 Å². The van der Waals surface area contributed by atoms with Crippen molar-refractivity contribution in [2.45, 2.75) is 45.3 Å². The molecule has 0 amide bonds. The van der Waals surface area contributed by atoms with Crippen LogP contribution in [0.5, 0.6) is 5.75 Å². The third-order valence-corrected chi connectivity index (χ3v) is 11.7.